The van der Waals surface area contributed by atoms with Gasteiger partial charge in [-0.15, -0.1) is 12.8 Å². The first-order valence-corrected chi connectivity index (χ1v) is 5.29. The largest absolute Gasteiger partial charge is 3.00 e. The molecule has 0 bridgehead atoms. The van der Waals surface area contributed by atoms with Gasteiger partial charge in [0.2, 0.25) is 0 Å². The van der Waals surface area contributed by atoms with Crippen LogP contribution < -0.4 is 0 Å². The zero-order valence-electron chi connectivity index (χ0n) is 11.6. The Bertz CT molecular complexity index is 207. The molecular weight excluding hydrogens is 228 g/mol. The molecule has 1 heteroatoms. The minimum absolute atomic E-state index is 0. The van der Waals surface area contributed by atoms with E-state index in [-0.39, 0.29) is 28.6 Å². The maximum Gasteiger partial charge on any atom is 3.00 e. The van der Waals surface area contributed by atoms with E-state index in [9.17, 15) is 0 Å². The Balaban J connectivity index is -0.000000163. The summed E-state index contributed by atoms with van der Waals surface area (Å²) in [6.45, 7) is 10.0. The van der Waals surface area contributed by atoms with E-state index in [1.165, 1.54) is 0 Å². The van der Waals surface area contributed by atoms with E-state index in [0.717, 1.165) is 12.8 Å². The third-order valence-corrected chi connectivity index (χ3v) is 1.17. The van der Waals surface area contributed by atoms with Gasteiger partial charge < -0.3 is 8.35 Å². The van der Waals surface area contributed by atoms with E-state index < -0.39 is 0 Å². The van der Waals surface area contributed by atoms with E-state index in [0.29, 0.717) is 0 Å². The topological polar surface area (TPSA) is 0 Å². The molecule has 2 aliphatic rings. The van der Waals surface area contributed by atoms with E-state index in [2.05, 4.69) is 52.0 Å². The van der Waals surface area contributed by atoms with E-state index in [1.807, 2.05) is 24.3 Å². The van der Waals surface area contributed by atoms with Gasteiger partial charge in [0.1, 0.15) is 0 Å². The summed E-state index contributed by atoms with van der Waals surface area (Å²) in [6, 6.07) is 0. The summed E-state index contributed by atoms with van der Waals surface area (Å²) in [5.74, 6) is 0. The van der Waals surface area contributed by atoms with Gasteiger partial charge in [0.05, 0.1) is 0 Å². The minimum atomic E-state index is 0. The average molecular weight is 250 g/mol. The molecule has 87 valence electrons. The summed E-state index contributed by atoms with van der Waals surface area (Å²) in [5, 5.41) is 0. The van der Waals surface area contributed by atoms with Crippen LogP contribution in [0.4, 0.5) is 0 Å². The molecule has 0 aliphatic heterocycles. The zero-order valence-corrected chi connectivity index (χ0v) is 12.1. The van der Waals surface area contributed by atoms with Crippen molar-refractivity contribution in [3.05, 3.63) is 55.5 Å². The molecule has 0 aromatic rings. The molecule has 0 amide bonds. The smallest absolute Gasteiger partial charge is 1.00 e. The average Bonchev–Trinajstić information content (AvgIpc) is 2.81. The molecule has 1 radical (unpaired) electrons. The van der Waals surface area contributed by atoms with Gasteiger partial charge in [0, 0.05) is 0 Å². The molecule has 2 aliphatic carbocycles. The zero-order chi connectivity index (χ0) is 11.6. The van der Waals surface area contributed by atoms with Gasteiger partial charge in [-0.1, -0.05) is 20.8 Å². The second kappa shape index (κ2) is 11.2. The molecule has 0 aromatic carbocycles. The van der Waals surface area contributed by atoms with Crippen molar-refractivity contribution in [3.63, 3.8) is 0 Å². The third kappa shape index (κ3) is 23.5. The van der Waals surface area contributed by atoms with Crippen molar-refractivity contribution in [2.45, 2.75) is 33.6 Å². The van der Waals surface area contributed by atoms with Crippen LogP contribution in [0.1, 0.15) is 35.0 Å². The van der Waals surface area contributed by atoms with Gasteiger partial charge >= 0.3 is 21.7 Å². The van der Waals surface area contributed by atoms with E-state index in [1.54, 1.807) is 0 Å². The van der Waals surface area contributed by atoms with Gasteiger partial charge in [0.25, 0.3) is 0 Å². The van der Waals surface area contributed by atoms with E-state index in [4.69, 9.17) is 0 Å². The molecule has 0 saturated carbocycles. The maximum absolute atomic E-state index is 3.77. The number of rotatable bonds is 0. The van der Waals surface area contributed by atoms with Crippen LogP contribution >= 0.6 is 0 Å². The fourth-order valence-corrected chi connectivity index (χ4v) is 0.680. The molecular formula is C15H22Ti-. The summed E-state index contributed by atoms with van der Waals surface area (Å²) in [6.07, 6.45) is 20.0. The van der Waals surface area contributed by atoms with Crippen LogP contribution in [-0.2, 0) is 21.7 Å². The van der Waals surface area contributed by atoms with Gasteiger partial charge in [-0.25, -0.2) is 24.3 Å². The molecule has 0 heterocycles. The molecule has 0 nitrogen and oxygen atoms in total. The molecule has 16 heavy (non-hydrogen) atoms. The quantitative estimate of drug-likeness (QED) is 0.435. The maximum atomic E-state index is 3.77. The van der Waals surface area contributed by atoms with Crippen LogP contribution in [0.3, 0.4) is 0 Å². The SMILES string of the molecule is [C-]1=CC=CC1.[C-]1=CC=CC1.[CH2-]C(C)(C)C.[H-].[Ti+3]. The number of allylic oxidation sites excluding steroid dienone is 8. The summed E-state index contributed by atoms with van der Waals surface area (Å²) in [4.78, 5) is 0. The minimum Gasteiger partial charge on any atom is -1.00 e. The Morgan fingerprint density at radius 2 is 1.31 bits per heavy atom. The molecule has 0 N–H and O–H groups in total. The predicted octanol–water partition coefficient (Wildman–Crippen LogP) is 4.59. The first-order chi connectivity index (χ1) is 7.00. The molecule has 0 saturated heterocycles. The van der Waals surface area contributed by atoms with Crippen LogP contribution in [-0.4, -0.2) is 0 Å². The van der Waals surface area contributed by atoms with Crippen molar-refractivity contribution in [2.24, 2.45) is 5.41 Å². The Labute approximate surface area is 118 Å². The standard InChI is InChI=1S/2C5H5.C5H11.Ti.H/c2*1-2-4-5-3-1;1-5(2,3)4;;/h2*1-3H,4H2;1H2,2-4H3;;/q3*-1;+3;-1. The molecule has 0 fully saturated rings. The molecule has 0 unspecified atom stereocenters. The fourth-order valence-electron chi connectivity index (χ4n) is 0.680. The Kier molecular flexibility index (Phi) is 12.6. The summed E-state index contributed by atoms with van der Waals surface area (Å²) >= 11 is 0. The van der Waals surface area contributed by atoms with Gasteiger partial charge in [-0.3, -0.25) is 12.2 Å². The second-order valence-electron chi connectivity index (χ2n) is 4.57. The third-order valence-electron chi connectivity index (χ3n) is 1.17. The Morgan fingerprint density at radius 3 is 1.38 bits per heavy atom. The van der Waals surface area contributed by atoms with Crippen molar-refractivity contribution >= 4 is 0 Å². The van der Waals surface area contributed by atoms with E-state index >= 15 is 0 Å². The van der Waals surface area contributed by atoms with Crippen LogP contribution in [0.15, 0.2) is 36.5 Å². The molecule has 0 spiro atoms. The monoisotopic (exact) mass is 250 g/mol. The van der Waals surface area contributed by atoms with Crippen LogP contribution in [0, 0.1) is 24.5 Å². The number of hydrogen-bond donors (Lipinski definition) is 0. The van der Waals surface area contributed by atoms with Crippen molar-refractivity contribution in [3.8, 4) is 0 Å². The first-order valence-electron chi connectivity index (χ1n) is 5.29. The van der Waals surface area contributed by atoms with Crippen LogP contribution in [0.5, 0.6) is 0 Å². The summed E-state index contributed by atoms with van der Waals surface area (Å²) < 4.78 is 0. The van der Waals surface area contributed by atoms with Crippen LogP contribution in [0.25, 0.3) is 0 Å². The Morgan fingerprint density at radius 1 is 1.00 bits per heavy atom. The summed E-state index contributed by atoms with van der Waals surface area (Å²) in [7, 11) is 0. The van der Waals surface area contributed by atoms with Crippen molar-refractivity contribution in [1.29, 1.82) is 0 Å². The normalized spacial score (nSPS) is 14.8. The predicted molar refractivity (Wildman–Crippen MR) is 69.1 cm³/mol. The second-order valence-corrected chi connectivity index (χ2v) is 4.57. The number of hydrogen-bond acceptors (Lipinski definition) is 0. The fraction of sp³-hybridized carbons (Fsp3) is 0.400. The van der Waals surface area contributed by atoms with Crippen molar-refractivity contribution < 1.29 is 23.1 Å². The molecule has 0 aromatic heterocycles. The van der Waals surface area contributed by atoms with Crippen LogP contribution in [0.2, 0.25) is 0 Å². The van der Waals surface area contributed by atoms with Gasteiger partial charge in [-0.2, -0.15) is 17.6 Å². The van der Waals surface area contributed by atoms with Crippen molar-refractivity contribution in [2.75, 3.05) is 0 Å². The summed E-state index contributed by atoms with van der Waals surface area (Å²) in [5.41, 5.74) is 0.250. The van der Waals surface area contributed by atoms with Crippen molar-refractivity contribution in [1.82, 2.24) is 0 Å². The van der Waals surface area contributed by atoms with Gasteiger partial charge in [-0.05, 0) is 0 Å². The molecule has 0 atom stereocenters. The Hall–Kier alpha value is -0.326. The first kappa shape index (κ1) is 18.1. The van der Waals surface area contributed by atoms with Gasteiger partial charge in [0.15, 0.2) is 0 Å². The molecule has 2 rings (SSSR count).